The van der Waals surface area contributed by atoms with Crippen LogP contribution in [0.2, 0.25) is 0 Å². The van der Waals surface area contributed by atoms with Gasteiger partial charge in [0.05, 0.1) is 16.6 Å². The van der Waals surface area contributed by atoms with E-state index >= 15 is 0 Å². The van der Waals surface area contributed by atoms with Crippen molar-refractivity contribution in [2.24, 2.45) is 0 Å². The van der Waals surface area contributed by atoms with Crippen LogP contribution in [-0.2, 0) is 17.8 Å². The summed E-state index contributed by atoms with van der Waals surface area (Å²) in [5.41, 5.74) is 3.14. The van der Waals surface area contributed by atoms with Crippen molar-refractivity contribution in [3.05, 3.63) is 50.2 Å². The topological polar surface area (TPSA) is 46.9 Å². The molecular formula is C16H19Br2N3O. The number of carbonyl (C=O) groups excluding carboxylic acids is 1. The van der Waals surface area contributed by atoms with E-state index in [1.54, 1.807) is 0 Å². The maximum Gasteiger partial charge on any atom is 0.224 e. The van der Waals surface area contributed by atoms with Crippen LogP contribution in [0.4, 0.5) is 0 Å². The van der Waals surface area contributed by atoms with Gasteiger partial charge in [0.2, 0.25) is 5.91 Å². The summed E-state index contributed by atoms with van der Waals surface area (Å²) < 4.78 is 4.06. The van der Waals surface area contributed by atoms with Crippen molar-refractivity contribution in [3.8, 4) is 0 Å². The van der Waals surface area contributed by atoms with Crippen molar-refractivity contribution >= 4 is 37.8 Å². The quantitative estimate of drug-likeness (QED) is 0.711. The number of rotatable bonds is 6. The number of aromatic nitrogens is 2. The average molecular weight is 429 g/mol. The highest BCUT2D eigenvalue weighted by Crippen LogP contribution is 2.19. The van der Waals surface area contributed by atoms with E-state index in [1.807, 2.05) is 42.8 Å². The molecule has 4 nitrogen and oxygen atoms in total. The molecule has 0 aliphatic rings. The van der Waals surface area contributed by atoms with Crippen LogP contribution in [-0.4, -0.2) is 22.2 Å². The molecule has 0 aliphatic heterocycles. The highest BCUT2D eigenvalue weighted by molar-refractivity contribution is 9.10. The van der Waals surface area contributed by atoms with Crippen molar-refractivity contribution in [3.63, 3.8) is 0 Å². The number of nitrogens with one attached hydrogen (secondary N) is 1. The normalized spacial score (nSPS) is 10.7. The van der Waals surface area contributed by atoms with Gasteiger partial charge in [-0.1, -0.05) is 28.1 Å². The molecule has 22 heavy (non-hydrogen) atoms. The first kappa shape index (κ1) is 17.2. The summed E-state index contributed by atoms with van der Waals surface area (Å²) >= 11 is 6.90. The summed E-state index contributed by atoms with van der Waals surface area (Å²) in [6, 6.07) is 7.81. The molecule has 118 valence electrons. The zero-order chi connectivity index (χ0) is 16.1. The lowest BCUT2D eigenvalue weighted by molar-refractivity contribution is -0.120. The van der Waals surface area contributed by atoms with Crippen molar-refractivity contribution in [2.75, 3.05) is 6.54 Å². The Balaban J connectivity index is 1.73. The fourth-order valence-corrected chi connectivity index (χ4v) is 2.75. The van der Waals surface area contributed by atoms with Crippen molar-refractivity contribution < 1.29 is 4.79 Å². The Labute approximate surface area is 147 Å². The number of hydrogen-bond donors (Lipinski definition) is 1. The molecule has 1 aromatic carbocycles. The Morgan fingerprint density at radius 2 is 1.91 bits per heavy atom. The predicted octanol–water partition coefficient (Wildman–Crippen LogP) is 3.77. The first-order chi connectivity index (χ1) is 10.5. The minimum absolute atomic E-state index is 0.0527. The van der Waals surface area contributed by atoms with E-state index in [0.717, 1.165) is 38.9 Å². The Bertz CT molecular complexity index is 650. The maximum absolute atomic E-state index is 11.9. The average Bonchev–Trinajstić information content (AvgIpc) is 2.73. The monoisotopic (exact) mass is 427 g/mol. The van der Waals surface area contributed by atoms with Crippen LogP contribution in [0, 0.1) is 13.8 Å². The van der Waals surface area contributed by atoms with Gasteiger partial charge in [-0.2, -0.15) is 5.10 Å². The molecule has 0 saturated heterocycles. The van der Waals surface area contributed by atoms with Gasteiger partial charge in [-0.05, 0) is 53.9 Å². The highest BCUT2D eigenvalue weighted by atomic mass is 79.9. The summed E-state index contributed by atoms with van der Waals surface area (Å²) in [5, 5.41) is 7.41. The molecule has 1 N–H and O–H groups in total. The SMILES string of the molecule is Cc1nn(CCCNC(=O)Cc2ccc(Br)cc2)c(C)c1Br. The summed E-state index contributed by atoms with van der Waals surface area (Å²) in [7, 11) is 0. The number of hydrogen-bond acceptors (Lipinski definition) is 2. The van der Waals surface area contributed by atoms with Crippen molar-refractivity contribution in [1.29, 1.82) is 0 Å². The zero-order valence-corrected chi connectivity index (χ0v) is 15.9. The van der Waals surface area contributed by atoms with E-state index in [4.69, 9.17) is 0 Å². The van der Waals surface area contributed by atoms with Gasteiger partial charge in [0.25, 0.3) is 0 Å². The molecule has 2 aromatic rings. The smallest absolute Gasteiger partial charge is 0.224 e. The van der Waals surface area contributed by atoms with Gasteiger partial charge in [0, 0.05) is 23.3 Å². The second kappa shape index (κ2) is 7.92. The molecule has 1 heterocycles. The van der Waals surface area contributed by atoms with Crippen molar-refractivity contribution in [2.45, 2.75) is 33.2 Å². The number of benzene rings is 1. The van der Waals surface area contributed by atoms with Crippen molar-refractivity contribution in [1.82, 2.24) is 15.1 Å². The van der Waals surface area contributed by atoms with Gasteiger partial charge in [-0.3, -0.25) is 9.48 Å². The number of nitrogens with zero attached hydrogens (tertiary/aromatic N) is 2. The van der Waals surface area contributed by atoms with E-state index < -0.39 is 0 Å². The van der Waals surface area contributed by atoms with E-state index in [9.17, 15) is 4.79 Å². The summed E-state index contributed by atoms with van der Waals surface area (Å²) in [4.78, 5) is 11.9. The summed E-state index contributed by atoms with van der Waals surface area (Å²) in [6.07, 6.45) is 1.28. The summed E-state index contributed by atoms with van der Waals surface area (Å²) in [5.74, 6) is 0.0527. The fourth-order valence-electron chi connectivity index (χ4n) is 2.20. The third kappa shape index (κ3) is 4.68. The molecule has 6 heteroatoms. The number of amides is 1. The van der Waals surface area contributed by atoms with E-state index in [0.29, 0.717) is 13.0 Å². The molecule has 0 aliphatic carbocycles. The van der Waals surface area contributed by atoms with Gasteiger partial charge in [-0.25, -0.2) is 0 Å². The summed E-state index contributed by atoms with van der Waals surface area (Å²) in [6.45, 7) is 5.48. The van der Waals surface area contributed by atoms with Crippen LogP contribution in [0.3, 0.4) is 0 Å². The molecule has 0 saturated carbocycles. The van der Waals surface area contributed by atoms with Gasteiger partial charge in [0.1, 0.15) is 0 Å². The number of halogens is 2. The van der Waals surface area contributed by atoms with E-state index in [1.165, 1.54) is 0 Å². The Morgan fingerprint density at radius 3 is 2.50 bits per heavy atom. The predicted molar refractivity (Wildman–Crippen MR) is 94.9 cm³/mol. The van der Waals surface area contributed by atoms with E-state index in [2.05, 4.69) is 42.3 Å². The standard InChI is InChI=1S/C16H19Br2N3O/c1-11-16(18)12(2)21(20-11)9-3-8-19-15(22)10-13-4-6-14(17)7-5-13/h4-7H,3,8-10H2,1-2H3,(H,19,22). The minimum Gasteiger partial charge on any atom is -0.356 e. The maximum atomic E-state index is 11.9. The fraction of sp³-hybridized carbons (Fsp3) is 0.375. The van der Waals surface area contributed by atoms with E-state index in [-0.39, 0.29) is 5.91 Å². The second-order valence-electron chi connectivity index (χ2n) is 5.21. The highest BCUT2D eigenvalue weighted by Gasteiger charge is 2.08. The van der Waals surface area contributed by atoms with Crippen LogP contribution >= 0.6 is 31.9 Å². The molecule has 0 bridgehead atoms. The van der Waals surface area contributed by atoms with Gasteiger partial charge >= 0.3 is 0 Å². The Morgan fingerprint density at radius 1 is 1.23 bits per heavy atom. The lowest BCUT2D eigenvalue weighted by Gasteiger charge is -2.07. The molecule has 0 fully saturated rings. The Hall–Kier alpha value is -1.14. The molecule has 0 radical (unpaired) electrons. The first-order valence-corrected chi connectivity index (χ1v) is 8.76. The molecule has 2 rings (SSSR count). The molecule has 1 amide bonds. The van der Waals surface area contributed by atoms with Gasteiger partial charge in [-0.15, -0.1) is 0 Å². The zero-order valence-electron chi connectivity index (χ0n) is 12.7. The number of aryl methyl sites for hydroxylation is 2. The minimum atomic E-state index is 0.0527. The number of carbonyl (C=O) groups is 1. The second-order valence-corrected chi connectivity index (χ2v) is 6.92. The molecule has 0 spiro atoms. The van der Waals surface area contributed by atoms with Crippen LogP contribution in [0.5, 0.6) is 0 Å². The van der Waals surface area contributed by atoms with Crippen LogP contribution in [0.15, 0.2) is 33.2 Å². The third-order valence-corrected chi connectivity index (χ3v) is 5.12. The Kier molecular flexibility index (Phi) is 6.20. The first-order valence-electron chi connectivity index (χ1n) is 7.18. The molecule has 1 aromatic heterocycles. The third-order valence-electron chi connectivity index (χ3n) is 3.44. The molecule has 0 unspecified atom stereocenters. The van der Waals surface area contributed by atoms with Gasteiger partial charge in [0.15, 0.2) is 0 Å². The largest absolute Gasteiger partial charge is 0.356 e. The molecular weight excluding hydrogens is 410 g/mol. The van der Waals surface area contributed by atoms with Crippen LogP contribution < -0.4 is 5.32 Å². The lowest BCUT2D eigenvalue weighted by Crippen LogP contribution is -2.27. The van der Waals surface area contributed by atoms with Crippen LogP contribution in [0.1, 0.15) is 23.4 Å². The van der Waals surface area contributed by atoms with Gasteiger partial charge < -0.3 is 5.32 Å². The van der Waals surface area contributed by atoms with Crippen LogP contribution in [0.25, 0.3) is 0 Å². The molecule has 0 atom stereocenters. The lowest BCUT2D eigenvalue weighted by atomic mass is 10.1.